The number of ether oxygens (including phenoxy) is 1. The fourth-order valence-electron chi connectivity index (χ4n) is 1.81. The summed E-state index contributed by atoms with van der Waals surface area (Å²) in [6.07, 6.45) is 0. The summed E-state index contributed by atoms with van der Waals surface area (Å²) in [5, 5.41) is 0. The molecular weight excluding hydrogens is 266 g/mol. The number of hydrogen-bond acceptors (Lipinski definition) is 5. The van der Waals surface area contributed by atoms with E-state index in [1.54, 1.807) is 19.1 Å². The first kappa shape index (κ1) is 15.7. The summed E-state index contributed by atoms with van der Waals surface area (Å²) in [7, 11) is -3.57. The molecule has 19 heavy (non-hydrogen) atoms. The Labute approximate surface area is 113 Å². The third kappa shape index (κ3) is 5.00. The van der Waals surface area contributed by atoms with Crippen molar-refractivity contribution in [2.24, 2.45) is 5.73 Å². The summed E-state index contributed by atoms with van der Waals surface area (Å²) in [6, 6.07) is 6.69. The highest BCUT2D eigenvalue weighted by Gasteiger charge is 2.22. The fraction of sp³-hybridized carbons (Fsp3) is 0.462. The number of benzene rings is 1. The van der Waals surface area contributed by atoms with E-state index in [1.165, 1.54) is 0 Å². The molecule has 0 radical (unpaired) electrons. The lowest BCUT2D eigenvalue weighted by atomic mass is 10.0. The topological polar surface area (TPSA) is 86.5 Å². The quantitative estimate of drug-likeness (QED) is 0.787. The maximum Gasteiger partial charge on any atom is 0.321 e. The van der Waals surface area contributed by atoms with Crippen molar-refractivity contribution in [2.75, 3.05) is 18.1 Å². The summed E-state index contributed by atoms with van der Waals surface area (Å²) in [6.45, 7) is 3.66. The SMILES string of the molecule is CCOC(=O)CS(=O)(=O)CC(N)c1ccccc1C. The molecule has 0 bridgehead atoms. The second-order valence-electron chi connectivity index (χ2n) is 4.32. The molecule has 1 rings (SSSR count). The molecule has 1 aromatic carbocycles. The highest BCUT2D eigenvalue weighted by Crippen LogP contribution is 2.17. The molecule has 5 nitrogen and oxygen atoms in total. The molecule has 0 spiro atoms. The zero-order valence-corrected chi connectivity index (χ0v) is 11.9. The third-order valence-corrected chi connectivity index (χ3v) is 4.21. The van der Waals surface area contributed by atoms with Crippen molar-refractivity contribution in [1.82, 2.24) is 0 Å². The molecule has 106 valence electrons. The van der Waals surface area contributed by atoms with Crippen LogP contribution >= 0.6 is 0 Å². The summed E-state index contributed by atoms with van der Waals surface area (Å²) in [5.74, 6) is -1.63. The van der Waals surface area contributed by atoms with E-state index in [1.807, 2.05) is 19.1 Å². The van der Waals surface area contributed by atoms with Crippen molar-refractivity contribution in [2.45, 2.75) is 19.9 Å². The zero-order valence-electron chi connectivity index (χ0n) is 11.1. The molecular formula is C13H19NO4S. The Morgan fingerprint density at radius 2 is 2.00 bits per heavy atom. The zero-order chi connectivity index (χ0) is 14.5. The van der Waals surface area contributed by atoms with Crippen LogP contribution in [0.3, 0.4) is 0 Å². The van der Waals surface area contributed by atoms with Crippen LogP contribution < -0.4 is 5.73 Å². The second kappa shape index (κ2) is 6.68. The van der Waals surface area contributed by atoms with Crippen LogP contribution in [0.25, 0.3) is 0 Å². The van der Waals surface area contributed by atoms with Gasteiger partial charge in [0.1, 0.15) is 5.75 Å². The summed E-state index contributed by atoms with van der Waals surface area (Å²) in [4.78, 5) is 11.2. The van der Waals surface area contributed by atoms with Crippen LogP contribution in [0.5, 0.6) is 0 Å². The van der Waals surface area contributed by atoms with Crippen molar-refractivity contribution in [1.29, 1.82) is 0 Å². The highest BCUT2D eigenvalue weighted by atomic mass is 32.2. The number of esters is 1. The van der Waals surface area contributed by atoms with Gasteiger partial charge >= 0.3 is 5.97 Å². The normalized spacial score (nSPS) is 13.0. The smallest absolute Gasteiger partial charge is 0.321 e. The van der Waals surface area contributed by atoms with Gasteiger partial charge in [0.25, 0.3) is 0 Å². The van der Waals surface area contributed by atoms with E-state index in [2.05, 4.69) is 4.74 Å². The Hall–Kier alpha value is -1.40. The van der Waals surface area contributed by atoms with E-state index >= 15 is 0 Å². The Morgan fingerprint density at radius 3 is 2.58 bits per heavy atom. The van der Waals surface area contributed by atoms with E-state index in [-0.39, 0.29) is 12.4 Å². The Kier molecular flexibility index (Phi) is 5.50. The largest absolute Gasteiger partial charge is 0.465 e. The number of carbonyl (C=O) groups is 1. The maximum atomic E-state index is 11.8. The molecule has 6 heteroatoms. The number of carbonyl (C=O) groups excluding carboxylic acids is 1. The molecule has 1 unspecified atom stereocenters. The molecule has 1 aromatic rings. The lowest BCUT2D eigenvalue weighted by Crippen LogP contribution is -2.28. The minimum absolute atomic E-state index is 0.165. The minimum Gasteiger partial charge on any atom is -0.465 e. The van der Waals surface area contributed by atoms with Crippen molar-refractivity contribution in [3.05, 3.63) is 35.4 Å². The van der Waals surface area contributed by atoms with Gasteiger partial charge in [0, 0.05) is 6.04 Å². The van der Waals surface area contributed by atoms with Gasteiger partial charge in [-0.3, -0.25) is 4.79 Å². The first-order valence-electron chi connectivity index (χ1n) is 6.03. The van der Waals surface area contributed by atoms with E-state index in [9.17, 15) is 13.2 Å². The van der Waals surface area contributed by atoms with Gasteiger partial charge in [-0.1, -0.05) is 24.3 Å². The lowest BCUT2D eigenvalue weighted by Gasteiger charge is -2.14. The minimum atomic E-state index is -3.57. The number of aryl methyl sites for hydroxylation is 1. The summed E-state index contributed by atoms with van der Waals surface area (Å²) < 4.78 is 28.3. The molecule has 2 N–H and O–H groups in total. The predicted octanol–water partition coefficient (Wildman–Crippen LogP) is 0.973. The number of sulfone groups is 1. The molecule has 0 saturated carbocycles. The van der Waals surface area contributed by atoms with Crippen LogP contribution in [-0.4, -0.2) is 32.5 Å². The van der Waals surface area contributed by atoms with Gasteiger partial charge in [0.2, 0.25) is 0 Å². The van der Waals surface area contributed by atoms with Crippen LogP contribution in [0.1, 0.15) is 24.1 Å². The molecule has 0 amide bonds. The van der Waals surface area contributed by atoms with Gasteiger partial charge in [-0.15, -0.1) is 0 Å². The maximum absolute atomic E-state index is 11.8. The molecule has 1 atom stereocenters. The van der Waals surface area contributed by atoms with Gasteiger partial charge in [-0.2, -0.15) is 0 Å². The fourth-order valence-corrected chi connectivity index (χ4v) is 3.09. The third-order valence-electron chi connectivity index (χ3n) is 2.66. The molecule has 0 aliphatic rings. The predicted molar refractivity (Wildman–Crippen MR) is 73.4 cm³/mol. The van der Waals surface area contributed by atoms with Crippen molar-refractivity contribution < 1.29 is 17.9 Å². The standard InChI is InChI=1S/C13H19NO4S/c1-3-18-13(15)9-19(16,17)8-12(14)11-7-5-4-6-10(11)2/h4-7,12H,3,8-9,14H2,1-2H3. The molecule has 0 heterocycles. The average Bonchev–Trinajstić information content (AvgIpc) is 2.27. The van der Waals surface area contributed by atoms with Gasteiger partial charge in [0.15, 0.2) is 9.84 Å². The van der Waals surface area contributed by atoms with E-state index in [0.717, 1.165) is 11.1 Å². The van der Waals surface area contributed by atoms with Gasteiger partial charge < -0.3 is 10.5 Å². The molecule has 0 aliphatic heterocycles. The lowest BCUT2D eigenvalue weighted by molar-refractivity contribution is -0.139. The van der Waals surface area contributed by atoms with Crippen LogP contribution in [0.15, 0.2) is 24.3 Å². The van der Waals surface area contributed by atoms with Gasteiger partial charge in [-0.05, 0) is 25.0 Å². The van der Waals surface area contributed by atoms with Crippen molar-refractivity contribution in [3.8, 4) is 0 Å². The van der Waals surface area contributed by atoms with Crippen LogP contribution in [0.4, 0.5) is 0 Å². The van der Waals surface area contributed by atoms with E-state index < -0.39 is 27.6 Å². The summed E-state index contributed by atoms with van der Waals surface area (Å²) in [5.41, 5.74) is 7.61. The van der Waals surface area contributed by atoms with Gasteiger partial charge in [-0.25, -0.2) is 8.42 Å². The number of rotatable bonds is 6. The number of hydrogen-bond donors (Lipinski definition) is 1. The monoisotopic (exact) mass is 285 g/mol. The molecule has 0 aliphatic carbocycles. The van der Waals surface area contributed by atoms with E-state index in [0.29, 0.717) is 0 Å². The van der Waals surface area contributed by atoms with Gasteiger partial charge in [0.05, 0.1) is 12.4 Å². The van der Waals surface area contributed by atoms with Crippen molar-refractivity contribution in [3.63, 3.8) is 0 Å². The van der Waals surface area contributed by atoms with Crippen LogP contribution in [0.2, 0.25) is 0 Å². The summed E-state index contributed by atoms with van der Waals surface area (Å²) >= 11 is 0. The first-order valence-corrected chi connectivity index (χ1v) is 7.85. The first-order chi connectivity index (χ1) is 8.85. The molecule has 0 saturated heterocycles. The Balaban J connectivity index is 2.73. The van der Waals surface area contributed by atoms with Crippen LogP contribution in [0, 0.1) is 6.92 Å². The second-order valence-corrected chi connectivity index (χ2v) is 6.43. The Morgan fingerprint density at radius 1 is 1.37 bits per heavy atom. The highest BCUT2D eigenvalue weighted by molar-refractivity contribution is 7.92. The Bertz CT molecular complexity index is 539. The van der Waals surface area contributed by atoms with E-state index in [4.69, 9.17) is 5.73 Å². The van der Waals surface area contributed by atoms with Crippen LogP contribution in [-0.2, 0) is 19.4 Å². The molecule has 0 aromatic heterocycles. The number of nitrogens with two attached hydrogens (primary N) is 1. The van der Waals surface area contributed by atoms with Crippen molar-refractivity contribution >= 4 is 15.8 Å². The molecule has 0 fully saturated rings. The average molecular weight is 285 g/mol.